The molecular formula is C13H23. The SMILES string of the molecule is C[CH]CCC1C(C)=CCCC1(C)C. The molecule has 1 aliphatic rings. The summed E-state index contributed by atoms with van der Waals surface area (Å²) in [5.74, 6) is 0.817. The van der Waals surface area contributed by atoms with Crippen LogP contribution in [-0.2, 0) is 0 Å². The van der Waals surface area contributed by atoms with Gasteiger partial charge in [-0.2, -0.15) is 0 Å². The minimum Gasteiger partial charge on any atom is -0.0853 e. The third kappa shape index (κ3) is 2.59. The summed E-state index contributed by atoms with van der Waals surface area (Å²) in [6.07, 6.45) is 9.97. The molecule has 0 N–H and O–H groups in total. The lowest BCUT2D eigenvalue weighted by molar-refractivity contribution is 0.204. The van der Waals surface area contributed by atoms with E-state index in [4.69, 9.17) is 0 Å². The predicted octanol–water partition coefficient (Wildman–Crippen LogP) is 4.37. The van der Waals surface area contributed by atoms with Crippen LogP contribution in [0.25, 0.3) is 0 Å². The van der Waals surface area contributed by atoms with Gasteiger partial charge in [0.15, 0.2) is 0 Å². The number of rotatable bonds is 3. The highest BCUT2D eigenvalue weighted by Gasteiger charge is 2.31. The van der Waals surface area contributed by atoms with Crippen LogP contribution in [0.1, 0.15) is 53.4 Å². The fourth-order valence-corrected chi connectivity index (χ4v) is 2.56. The van der Waals surface area contributed by atoms with Crippen LogP contribution >= 0.6 is 0 Å². The smallest absolute Gasteiger partial charge is 0.0154 e. The molecule has 0 saturated heterocycles. The molecule has 0 aromatic rings. The van der Waals surface area contributed by atoms with Crippen LogP contribution in [0, 0.1) is 17.8 Å². The minimum atomic E-state index is 0.530. The van der Waals surface area contributed by atoms with E-state index in [9.17, 15) is 0 Å². The molecular weight excluding hydrogens is 156 g/mol. The van der Waals surface area contributed by atoms with Gasteiger partial charge in [-0.25, -0.2) is 0 Å². The van der Waals surface area contributed by atoms with Crippen molar-refractivity contribution in [2.45, 2.75) is 53.4 Å². The molecule has 0 bridgehead atoms. The molecule has 1 atom stereocenters. The van der Waals surface area contributed by atoms with Crippen molar-refractivity contribution < 1.29 is 0 Å². The molecule has 0 saturated carbocycles. The average Bonchev–Trinajstić information content (AvgIpc) is 2.02. The topological polar surface area (TPSA) is 0 Å². The normalized spacial score (nSPS) is 27.1. The lowest BCUT2D eigenvalue weighted by Crippen LogP contribution is -2.27. The van der Waals surface area contributed by atoms with Crippen molar-refractivity contribution in [3.8, 4) is 0 Å². The van der Waals surface area contributed by atoms with E-state index in [0.29, 0.717) is 5.41 Å². The first-order valence-electron chi connectivity index (χ1n) is 5.52. The Morgan fingerprint density at radius 2 is 2.23 bits per heavy atom. The van der Waals surface area contributed by atoms with E-state index in [1.807, 2.05) is 0 Å². The van der Waals surface area contributed by atoms with Gasteiger partial charge >= 0.3 is 0 Å². The number of unbranched alkanes of at least 4 members (excludes halogenated alkanes) is 1. The van der Waals surface area contributed by atoms with Gasteiger partial charge in [-0.1, -0.05) is 32.4 Å². The van der Waals surface area contributed by atoms with Gasteiger partial charge in [0.2, 0.25) is 0 Å². The summed E-state index contributed by atoms with van der Waals surface area (Å²) >= 11 is 0. The predicted molar refractivity (Wildman–Crippen MR) is 59.5 cm³/mol. The lowest BCUT2D eigenvalue weighted by atomic mass is 9.67. The Hall–Kier alpha value is -0.260. The number of hydrogen-bond acceptors (Lipinski definition) is 0. The van der Waals surface area contributed by atoms with E-state index >= 15 is 0 Å². The van der Waals surface area contributed by atoms with E-state index in [-0.39, 0.29) is 0 Å². The van der Waals surface area contributed by atoms with Gasteiger partial charge in [-0.15, -0.1) is 0 Å². The summed E-state index contributed by atoms with van der Waals surface area (Å²) in [5, 5.41) is 0. The first-order chi connectivity index (χ1) is 6.08. The maximum Gasteiger partial charge on any atom is -0.0154 e. The Bertz CT molecular complexity index is 186. The highest BCUT2D eigenvalue weighted by molar-refractivity contribution is 5.12. The molecule has 1 rings (SSSR count). The van der Waals surface area contributed by atoms with Gasteiger partial charge in [0.25, 0.3) is 0 Å². The molecule has 1 aliphatic carbocycles. The van der Waals surface area contributed by atoms with Crippen molar-refractivity contribution in [1.29, 1.82) is 0 Å². The maximum absolute atomic E-state index is 2.44. The van der Waals surface area contributed by atoms with Crippen LogP contribution in [0.2, 0.25) is 0 Å². The summed E-state index contributed by atoms with van der Waals surface area (Å²) < 4.78 is 0. The van der Waals surface area contributed by atoms with E-state index < -0.39 is 0 Å². The zero-order chi connectivity index (χ0) is 9.90. The second kappa shape index (κ2) is 4.30. The molecule has 0 heterocycles. The van der Waals surface area contributed by atoms with Gasteiger partial charge < -0.3 is 0 Å². The van der Waals surface area contributed by atoms with Gasteiger partial charge in [0.05, 0.1) is 0 Å². The van der Waals surface area contributed by atoms with Crippen molar-refractivity contribution in [2.75, 3.05) is 0 Å². The first kappa shape index (κ1) is 10.8. The Labute approximate surface area is 83.4 Å². The molecule has 0 aromatic heterocycles. The second-order valence-electron chi connectivity index (χ2n) is 5.01. The largest absolute Gasteiger partial charge is 0.0853 e. The summed E-state index contributed by atoms with van der Waals surface area (Å²) in [5.41, 5.74) is 2.15. The standard InChI is InChI=1S/C13H23/c1-5-6-9-12-11(2)8-7-10-13(12,3)4/h5,8,12H,6-7,9-10H2,1-4H3. The van der Waals surface area contributed by atoms with Crippen LogP contribution in [0.3, 0.4) is 0 Å². The molecule has 13 heavy (non-hydrogen) atoms. The van der Waals surface area contributed by atoms with E-state index in [0.717, 1.165) is 5.92 Å². The molecule has 75 valence electrons. The Morgan fingerprint density at radius 3 is 2.77 bits per heavy atom. The Balaban J connectivity index is 2.64. The number of hydrogen-bond donors (Lipinski definition) is 0. The van der Waals surface area contributed by atoms with Crippen molar-refractivity contribution in [3.63, 3.8) is 0 Å². The second-order valence-corrected chi connectivity index (χ2v) is 5.01. The van der Waals surface area contributed by atoms with E-state index in [1.165, 1.54) is 25.7 Å². The molecule has 0 aliphatic heterocycles. The van der Waals surface area contributed by atoms with Crippen LogP contribution in [0.4, 0.5) is 0 Å². The monoisotopic (exact) mass is 179 g/mol. The van der Waals surface area contributed by atoms with Crippen LogP contribution in [0.15, 0.2) is 11.6 Å². The lowest BCUT2D eigenvalue weighted by Gasteiger charge is -2.38. The third-order valence-electron chi connectivity index (χ3n) is 3.49. The fraction of sp³-hybridized carbons (Fsp3) is 0.769. The van der Waals surface area contributed by atoms with Crippen LogP contribution in [0.5, 0.6) is 0 Å². The third-order valence-corrected chi connectivity index (χ3v) is 3.49. The molecule has 0 spiro atoms. The van der Waals surface area contributed by atoms with Crippen LogP contribution in [-0.4, -0.2) is 0 Å². The highest BCUT2D eigenvalue weighted by Crippen LogP contribution is 2.43. The Morgan fingerprint density at radius 1 is 1.54 bits per heavy atom. The van der Waals surface area contributed by atoms with Gasteiger partial charge in [-0.3, -0.25) is 0 Å². The Kier molecular flexibility index (Phi) is 3.58. The number of allylic oxidation sites excluding steroid dienone is 2. The van der Waals surface area contributed by atoms with Crippen molar-refractivity contribution in [2.24, 2.45) is 11.3 Å². The molecule has 0 heteroatoms. The molecule has 1 unspecified atom stereocenters. The average molecular weight is 179 g/mol. The van der Waals surface area contributed by atoms with Gasteiger partial charge in [-0.05, 0) is 50.4 Å². The summed E-state index contributed by atoms with van der Waals surface area (Å²) in [4.78, 5) is 0. The van der Waals surface area contributed by atoms with Crippen LogP contribution < -0.4 is 0 Å². The summed E-state index contributed by atoms with van der Waals surface area (Å²) in [7, 11) is 0. The molecule has 1 radical (unpaired) electrons. The molecule has 0 fully saturated rings. The highest BCUT2D eigenvalue weighted by atomic mass is 14.4. The van der Waals surface area contributed by atoms with Gasteiger partial charge in [0.1, 0.15) is 0 Å². The molecule has 0 nitrogen and oxygen atoms in total. The molecule has 0 amide bonds. The van der Waals surface area contributed by atoms with E-state index in [2.05, 4.69) is 40.2 Å². The summed E-state index contributed by atoms with van der Waals surface area (Å²) in [6, 6.07) is 0. The zero-order valence-corrected chi connectivity index (χ0v) is 9.56. The fourth-order valence-electron chi connectivity index (χ4n) is 2.56. The zero-order valence-electron chi connectivity index (χ0n) is 9.56. The van der Waals surface area contributed by atoms with Gasteiger partial charge in [0, 0.05) is 0 Å². The molecule has 0 aromatic carbocycles. The maximum atomic E-state index is 2.44. The van der Waals surface area contributed by atoms with Crippen molar-refractivity contribution in [3.05, 3.63) is 18.1 Å². The quantitative estimate of drug-likeness (QED) is 0.564. The van der Waals surface area contributed by atoms with Crippen molar-refractivity contribution >= 4 is 0 Å². The van der Waals surface area contributed by atoms with E-state index in [1.54, 1.807) is 5.57 Å². The van der Waals surface area contributed by atoms with Crippen molar-refractivity contribution in [1.82, 2.24) is 0 Å². The first-order valence-corrected chi connectivity index (χ1v) is 5.52. The minimum absolute atomic E-state index is 0.530. The summed E-state index contributed by atoms with van der Waals surface area (Å²) in [6.45, 7) is 9.31.